The molecule has 1 heterocycles. The van der Waals surface area contributed by atoms with Crippen molar-refractivity contribution in [1.82, 2.24) is 9.99 Å². The second-order valence-electron chi connectivity index (χ2n) is 5.96. The summed E-state index contributed by atoms with van der Waals surface area (Å²) < 4.78 is 3.14. The van der Waals surface area contributed by atoms with Crippen LogP contribution in [-0.4, -0.2) is 22.4 Å². The summed E-state index contributed by atoms with van der Waals surface area (Å²) in [6.45, 7) is 4.09. The Morgan fingerprint density at radius 1 is 1.07 bits per heavy atom. The van der Waals surface area contributed by atoms with E-state index in [0.29, 0.717) is 5.75 Å². The Morgan fingerprint density at radius 3 is 2.37 bits per heavy atom. The molecule has 0 saturated heterocycles. The number of carbonyl (C=O) groups is 1. The van der Waals surface area contributed by atoms with Gasteiger partial charge in [0.1, 0.15) is 0 Å². The van der Waals surface area contributed by atoms with E-state index in [-0.39, 0.29) is 5.91 Å². The predicted molar refractivity (Wildman–Crippen MR) is 116 cm³/mol. The van der Waals surface area contributed by atoms with Gasteiger partial charge in [-0.2, -0.15) is 5.10 Å². The summed E-state index contributed by atoms with van der Waals surface area (Å²) >= 11 is 5.13. The van der Waals surface area contributed by atoms with E-state index in [1.807, 2.05) is 55.5 Å². The lowest BCUT2D eigenvalue weighted by molar-refractivity contribution is -0.118. The van der Waals surface area contributed by atoms with Gasteiger partial charge in [-0.3, -0.25) is 4.79 Å². The summed E-state index contributed by atoms with van der Waals surface area (Å²) in [6, 6.07) is 20.0. The number of hydrogen-bond acceptors (Lipinski definition) is 3. The number of aromatic nitrogens is 1. The van der Waals surface area contributed by atoms with E-state index in [9.17, 15) is 4.79 Å². The van der Waals surface area contributed by atoms with E-state index in [4.69, 9.17) is 0 Å². The van der Waals surface area contributed by atoms with Crippen molar-refractivity contribution < 1.29 is 4.79 Å². The van der Waals surface area contributed by atoms with Crippen molar-refractivity contribution in [3.63, 3.8) is 0 Å². The molecule has 0 saturated carbocycles. The number of para-hydroxylation sites is 1. The Labute approximate surface area is 171 Å². The van der Waals surface area contributed by atoms with Crippen LogP contribution >= 0.6 is 27.7 Å². The maximum Gasteiger partial charge on any atom is 0.250 e. The van der Waals surface area contributed by atoms with Crippen LogP contribution in [0.15, 0.2) is 75.1 Å². The number of thioether (sulfide) groups is 1. The molecule has 0 aliphatic carbocycles. The summed E-state index contributed by atoms with van der Waals surface area (Å²) in [7, 11) is 0. The molecule has 4 nitrogen and oxygen atoms in total. The van der Waals surface area contributed by atoms with Gasteiger partial charge in [-0.25, -0.2) is 5.43 Å². The molecule has 0 fully saturated rings. The number of benzene rings is 2. The highest BCUT2D eigenvalue weighted by Gasteiger charge is 2.15. The molecular formula is C21H20BrN3OS. The molecule has 0 aliphatic rings. The number of hydrogen-bond donors (Lipinski definition) is 1. The Kier molecular flexibility index (Phi) is 6.53. The molecule has 1 aromatic heterocycles. The quantitative estimate of drug-likeness (QED) is 0.328. The zero-order valence-electron chi connectivity index (χ0n) is 15.1. The summed E-state index contributed by atoms with van der Waals surface area (Å²) in [4.78, 5) is 13.1. The molecular weight excluding hydrogens is 422 g/mol. The van der Waals surface area contributed by atoms with Gasteiger partial charge in [0.25, 0.3) is 0 Å². The predicted octanol–water partition coefficient (Wildman–Crippen LogP) is 5.10. The highest BCUT2D eigenvalue weighted by atomic mass is 79.9. The smallest absolute Gasteiger partial charge is 0.250 e. The second-order valence-corrected chi connectivity index (χ2v) is 7.81. The van der Waals surface area contributed by atoms with E-state index in [0.717, 1.165) is 32.0 Å². The topological polar surface area (TPSA) is 46.4 Å². The Hall–Kier alpha value is -2.31. The highest BCUT2D eigenvalue weighted by molar-refractivity contribution is 9.10. The second kappa shape index (κ2) is 9.06. The van der Waals surface area contributed by atoms with Gasteiger partial charge in [-0.1, -0.05) is 36.4 Å². The fourth-order valence-electron chi connectivity index (χ4n) is 2.81. The molecule has 3 aromatic rings. The third-order valence-corrected chi connectivity index (χ3v) is 6.14. The first-order chi connectivity index (χ1) is 13.1. The molecule has 0 aliphatic heterocycles. The molecule has 138 valence electrons. The average Bonchev–Trinajstić information content (AvgIpc) is 2.91. The van der Waals surface area contributed by atoms with Crippen molar-refractivity contribution in [3.8, 4) is 5.69 Å². The van der Waals surface area contributed by atoms with E-state index < -0.39 is 0 Å². The van der Waals surface area contributed by atoms with E-state index in [2.05, 4.69) is 50.1 Å². The summed E-state index contributed by atoms with van der Waals surface area (Å²) in [5, 5.41) is 4.14. The first-order valence-corrected chi connectivity index (χ1v) is 10.3. The minimum Gasteiger partial charge on any atom is -0.317 e. The third-order valence-electron chi connectivity index (χ3n) is 4.13. The van der Waals surface area contributed by atoms with Crippen molar-refractivity contribution in [2.75, 3.05) is 5.75 Å². The number of nitrogens with one attached hydrogen (secondary N) is 1. The van der Waals surface area contributed by atoms with Gasteiger partial charge in [0.15, 0.2) is 0 Å². The fraction of sp³-hybridized carbons (Fsp3) is 0.143. The first kappa shape index (κ1) is 19.5. The molecule has 1 amide bonds. The number of hydrazone groups is 1. The number of rotatable bonds is 6. The van der Waals surface area contributed by atoms with Crippen LogP contribution in [0.5, 0.6) is 0 Å². The Morgan fingerprint density at radius 2 is 1.70 bits per heavy atom. The van der Waals surface area contributed by atoms with Gasteiger partial charge >= 0.3 is 0 Å². The molecule has 0 radical (unpaired) electrons. The Bertz CT molecular complexity index is 953. The zero-order valence-corrected chi connectivity index (χ0v) is 17.5. The van der Waals surface area contributed by atoms with Gasteiger partial charge in [0.2, 0.25) is 5.91 Å². The van der Waals surface area contributed by atoms with Crippen LogP contribution in [0.2, 0.25) is 0 Å². The summed E-state index contributed by atoms with van der Waals surface area (Å²) in [5.74, 6) is 0.194. The maximum atomic E-state index is 12.0. The number of halogens is 1. The van der Waals surface area contributed by atoms with Crippen molar-refractivity contribution in [3.05, 3.63) is 82.1 Å². The number of nitrogens with zero attached hydrogens (tertiary/aromatic N) is 2. The standard InChI is InChI=1S/C21H20BrN3OS/c1-15-19(21(22)16(2)25(15)17-9-5-3-6-10-17)13-23-24-20(26)14-27-18-11-7-4-8-12-18/h3-13H,14H2,1-2H3,(H,24,26)/b23-13-. The molecule has 0 bridgehead atoms. The molecule has 1 N–H and O–H groups in total. The molecule has 0 spiro atoms. The van der Waals surface area contributed by atoms with E-state index in [1.165, 1.54) is 11.8 Å². The van der Waals surface area contributed by atoms with Crippen LogP contribution in [0.4, 0.5) is 0 Å². The van der Waals surface area contributed by atoms with Gasteiger partial charge in [0.05, 0.1) is 12.0 Å². The van der Waals surface area contributed by atoms with E-state index >= 15 is 0 Å². The van der Waals surface area contributed by atoms with Gasteiger partial charge in [-0.15, -0.1) is 11.8 Å². The van der Waals surface area contributed by atoms with Gasteiger partial charge in [-0.05, 0) is 54.0 Å². The average molecular weight is 442 g/mol. The number of amides is 1. The number of carbonyl (C=O) groups excluding carboxylic acids is 1. The lowest BCUT2D eigenvalue weighted by Gasteiger charge is -2.08. The van der Waals surface area contributed by atoms with Gasteiger partial charge in [0, 0.05) is 32.0 Å². The SMILES string of the molecule is Cc1c(Br)c(/C=N\NC(=O)CSc2ccccc2)c(C)n1-c1ccccc1. The van der Waals surface area contributed by atoms with Gasteiger partial charge < -0.3 is 4.57 Å². The molecule has 2 aromatic carbocycles. The van der Waals surface area contributed by atoms with Crippen molar-refractivity contribution in [2.45, 2.75) is 18.7 Å². The normalized spacial score (nSPS) is 11.1. The van der Waals surface area contributed by atoms with Crippen molar-refractivity contribution >= 4 is 39.8 Å². The monoisotopic (exact) mass is 441 g/mol. The zero-order chi connectivity index (χ0) is 19.2. The minimum absolute atomic E-state index is 0.131. The fourth-order valence-corrected chi connectivity index (χ4v) is 4.08. The van der Waals surface area contributed by atoms with Crippen LogP contribution in [0.1, 0.15) is 17.0 Å². The van der Waals surface area contributed by atoms with E-state index in [1.54, 1.807) is 6.21 Å². The maximum absolute atomic E-state index is 12.0. The lowest BCUT2D eigenvalue weighted by atomic mass is 10.2. The van der Waals surface area contributed by atoms with Crippen molar-refractivity contribution in [1.29, 1.82) is 0 Å². The van der Waals surface area contributed by atoms with Crippen LogP contribution in [-0.2, 0) is 4.79 Å². The van der Waals surface area contributed by atoms with Crippen LogP contribution in [0, 0.1) is 13.8 Å². The molecule has 6 heteroatoms. The van der Waals surface area contributed by atoms with Crippen LogP contribution in [0.25, 0.3) is 5.69 Å². The summed E-state index contributed by atoms with van der Waals surface area (Å²) in [5.41, 5.74) is 6.80. The molecule has 3 rings (SSSR count). The largest absolute Gasteiger partial charge is 0.317 e. The first-order valence-electron chi connectivity index (χ1n) is 8.50. The minimum atomic E-state index is -0.131. The lowest BCUT2D eigenvalue weighted by Crippen LogP contribution is -2.19. The van der Waals surface area contributed by atoms with Crippen LogP contribution < -0.4 is 5.43 Å². The third kappa shape index (κ3) is 4.70. The molecule has 0 atom stereocenters. The molecule has 27 heavy (non-hydrogen) atoms. The summed E-state index contributed by atoms with van der Waals surface area (Å²) in [6.07, 6.45) is 1.69. The Balaban J connectivity index is 1.68. The van der Waals surface area contributed by atoms with Crippen LogP contribution in [0.3, 0.4) is 0 Å². The van der Waals surface area contributed by atoms with Crippen molar-refractivity contribution in [2.24, 2.45) is 5.10 Å². The highest BCUT2D eigenvalue weighted by Crippen LogP contribution is 2.29. The molecule has 0 unspecified atom stereocenters.